The summed E-state index contributed by atoms with van der Waals surface area (Å²) in [4.78, 5) is 42.5. The molecule has 0 spiro atoms. The number of amides is 3. The highest BCUT2D eigenvalue weighted by Gasteiger charge is 2.28. The van der Waals surface area contributed by atoms with Crippen molar-refractivity contribution in [3.8, 4) is 39.3 Å². The third kappa shape index (κ3) is 7.50. The Morgan fingerprint density at radius 3 is 2.29 bits per heavy atom. The van der Waals surface area contributed by atoms with Gasteiger partial charge in [-0.25, -0.2) is 4.39 Å². The Bertz CT molecular complexity index is 2040. The fraction of sp³-hybridized carbons (Fsp3) is 0.333. The summed E-state index contributed by atoms with van der Waals surface area (Å²) in [5, 5.41) is 13.2. The average Bonchev–Trinajstić information content (AvgIpc) is 3.84. The van der Waals surface area contributed by atoms with E-state index in [0.29, 0.717) is 100 Å². The number of carbonyl (C=O) groups excluding carboxylic acids is 3. The Hall–Kier alpha value is -4.55. The molecule has 7 rings (SSSR count). The number of pyridine rings is 1. The molecule has 2 saturated heterocycles. The minimum absolute atomic E-state index is 0.0228. The molecule has 10 nitrogen and oxygen atoms in total. The molecule has 13 heteroatoms. The molecule has 3 aliphatic heterocycles. The highest BCUT2D eigenvalue weighted by Crippen LogP contribution is 2.43. The van der Waals surface area contributed by atoms with Crippen LogP contribution < -0.4 is 26.0 Å². The lowest BCUT2D eigenvalue weighted by Crippen LogP contribution is -2.39. The average molecular weight is 746 g/mol. The Labute approximate surface area is 311 Å². The number of aromatic nitrogens is 1. The maximum absolute atomic E-state index is 15.6. The van der Waals surface area contributed by atoms with Crippen LogP contribution in [0.2, 0.25) is 10.0 Å². The summed E-state index contributed by atoms with van der Waals surface area (Å²) in [5.74, 6) is 0.0394. The number of halogens is 3. The van der Waals surface area contributed by atoms with E-state index in [1.54, 1.807) is 18.3 Å². The molecule has 0 unspecified atom stereocenters. The molecule has 0 bridgehead atoms. The predicted octanol–water partition coefficient (Wildman–Crippen LogP) is 5.73. The largest absolute Gasteiger partial charge is 0.496 e. The Morgan fingerprint density at radius 2 is 1.58 bits per heavy atom. The number of rotatable bonds is 13. The topological polar surface area (TPSA) is 125 Å². The summed E-state index contributed by atoms with van der Waals surface area (Å²) < 4.78 is 21.2. The lowest BCUT2D eigenvalue weighted by molar-refractivity contribution is -0.120. The van der Waals surface area contributed by atoms with Gasteiger partial charge >= 0.3 is 0 Å². The summed E-state index contributed by atoms with van der Waals surface area (Å²) in [6, 6.07) is 16.3. The standard InChI is InChI=1S/C39H39Cl2FN6O4/c1-52-33-17-23(16-32(42)31(33)20-44-19-26-7-10-35(50)47-26)27-3-2-4-29(36(27)40)30-11-12-45-38(37(30)41)22-5-8-28-24(15-22)21-48(39(28)51)14-13-43-18-25-6-9-34(49)46-25/h2-5,8,11-12,15-17,25-26,43-44H,6-7,9-10,13-14,18-21H2,1H3,(H,46,49)(H,47,50)/t25-,26-/m0/s1. The molecule has 0 aliphatic carbocycles. The van der Waals surface area contributed by atoms with E-state index in [1.807, 2.05) is 41.3 Å². The molecule has 0 radical (unpaired) electrons. The van der Waals surface area contributed by atoms with Gasteiger partial charge in [-0.15, -0.1) is 0 Å². The molecule has 0 saturated carbocycles. The first-order chi connectivity index (χ1) is 25.2. The highest BCUT2D eigenvalue weighted by atomic mass is 35.5. The van der Waals surface area contributed by atoms with Gasteiger partial charge in [-0.1, -0.05) is 47.5 Å². The SMILES string of the molecule is COc1cc(-c2cccc(-c3ccnc(-c4ccc5c(c4)CN(CCNC[C@@H]4CCC(=O)N4)C5=O)c3Cl)c2Cl)cc(F)c1CNC[C@@H]1CCC(=O)N1. The molecule has 4 heterocycles. The van der Waals surface area contributed by atoms with Crippen molar-refractivity contribution >= 4 is 40.9 Å². The summed E-state index contributed by atoms with van der Waals surface area (Å²) in [7, 11) is 1.50. The van der Waals surface area contributed by atoms with Crippen molar-refractivity contribution in [2.75, 3.05) is 33.3 Å². The molecule has 52 heavy (non-hydrogen) atoms. The van der Waals surface area contributed by atoms with Gasteiger partial charge in [-0.2, -0.15) is 0 Å². The Balaban J connectivity index is 1.07. The van der Waals surface area contributed by atoms with E-state index in [2.05, 4.69) is 26.3 Å². The molecule has 2 fully saturated rings. The molecule has 1 aromatic heterocycles. The van der Waals surface area contributed by atoms with Gasteiger partial charge in [0.15, 0.2) is 0 Å². The van der Waals surface area contributed by atoms with E-state index in [0.717, 1.165) is 24.0 Å². The molecule has 3 aromatic carbocycles. The number of ether oxygens (including phenoxy) is 1. The minimum Gasteiger partial charge on any atom is -0.496 e. The van der Waals surface area contributed by atoms with Crippen LogP contribution in [0, 0.1) is 5.82 Å². The first-order valence-electron chi connectivity index (χ1n) is 17.4. The highest BCUT2D eigenvalue weighted by molar-refractivity contribution is 6.39. The fourth-order valence-electron chi connectivity index (χ4n) is 7.17. The van der Waals surface area contributed by atoms with Gasteiger partial charge in [0.2, 0.25) is 11.8 Å². The maximum atomic E-state index is 15.6. The first-order valence-corrected chi connectivity index (χ1v) is 18.2. The molecule has 4 N–H and O–H groups in total. The van der Waals surface area contributed by atoms with E-state index in [9.17, 15) is 14.4 Å². The van der Waals surface area contributed by atoms with Crippen molar-refractivity contribution in [1.82, 2.24) is 31.2 Å². The minimum atomic E-state index is -0.438. The first kappa shape index (κ1) is 35.8. The normalized spacial score (nSPS) is 18.2. The lowest BCUT2D eigenvalue weighted by atomic mass is 9.96. The van der Waals surface area contributed by atoms with Crippen LogP contribution in [0.25, 0.3) is 33.5 Å². The Kier molecular flexibility index (Phi) is 10.7. The quantitative estimate of drug-likeness (QED) is 0.129. The van der Waals surface area contributed by atoms with Gasteiger partial charge in [-0.3, -0.25) is 19.4 Å². The number of carbonyl (C=O) groups is 3. The molecular formula is C39H39Cl2FN6O4. The number of benzene rings is 3. The number of hydrogen-bond donors (Lipinski definition) is 4. The van der Waals surface area contributed by atoms with Crippen molar-refractivity contribution in [2.45, 2.75) is 50.9 Å². The third-order valence-electron chi connectivity index (χ3n) is 9.93. The zero-order valence-corrected chi connectivity index (χ0v) is 30.2. The van der Waals surface area contributed by atoms with E-state index in [-0.39, 0.29) is 36.3 Å². The fourth-order valence-corrected chi connectivity index (χ4v) is 7.83. The van der Waals surface area contributed by atoms with E-state index in [1.165, 1.54) is 13.2 Å². The smallest absolute Gasteiger partial charge is 0.254 e. The second-order valence-electron chi connectivity index (χ2n) is 13.4. The monoisotopic (exact) mass is 744 g/mol. The van der Waals surface area contributed by atoms with Crippen LogP contribution in [-0.2, 0) is 22.7 Å². The molecular weight excluding hydrogens is 706 g/mol. The van der Waals surface area contributed by atoms with Crippen LogP contribution in [0.3, 0.4) is 0 Å². The third-order valence-corrected chi connectivity index (χ3v) is 10.7. The molecule has 4 aromatic rings. The van der Waals surface area contributed by atoms with Gasteiger partial charge in [-0.05, 0) is 54.3 Å². The zero-order chi connectivity index (χ0) is 36.4. The van der Waals surface area contributed by atoms with Gasteiger partial charge in [0.1, 0.15) is 11.6 Å². The number of hydrogen-bond acceptors (Lipinski definition) is 7. The lowest BCUT2D eigenvalue weighted by Gasteiger charge is -2.17. The van der Waals surface area contributed by atoms with Crippen molar-refractivity contribution in [3.63, 3.8) is 0 Å². The van der Waals surface area contributed by atoms with E-state index >= 15 is 4.39 Å². The van der Waals surface area contributed by atoms with Gasteiger partial charge in [0, 0.05) is 104 Å². The second kappa shape index (κ2) is 15.6. The zero-order valence-electron chi connectivity index (χ0n) is 28.7. The molecule has 2 atom stereocenters. The number of fused-ring (bicyclic) bond motifs is 1. The summed E-state index contributed by atoms with van der Waals surface area (Å²) >= 11 is 14.1. The molecule has 3 aliphatic rings. The van der Waals surface area contributed by atoms with E-state index in [4.69, 9.17) is 27.9 Å². The van der Waals surface area contributed by atoms with Gasteiger partial charge in [0.05, 0.1) is 22.8 Å². The number of methoxy groups -OCH3 is 1. The maximum Gasteiger partial charge on any atom is 0.254 e. The van der Waals surface area contributed by atoms with Crippen molar-refractivity contribution in [1.29, 1.82) is 0 Å². The van der Waals surface area contributed by atoms with Gasteiger partial charge in [0.25, 0.3) is 5.91 Å². The molecule has 3 amide bonds. The summed E-state index contributed by atoms with van der Waals surface area (Å²) in [6.07, 6.45) is 4.31. The van der Waals surface area contributed by atoms with Crippen molar-refractivity contribution in [3.05, 3.63) is 93.3 Å². The second-order valence-corrected chi connectivity index (χ2v) is 14.1. The van der Waals surface area contributed by atoms with Crippen LogP contribution in [0.5, 0.6) is 5.75 Å². The van der Waals surface area contributed by atoms with Crippen LogP contribution in [0.4, 0.5) is 4.39 Å². The van der Waals surface area contributed by atoms with Crippen LogP contribution in [0.1, 0.15) is 47.2 Å². The van der Waals surface area contributed by atoms with Crippen molar-refractivity contribution < 1.29 is 23.5 Å². The van der Waals surface area contributed by atoms with Gasteiger partial charge < -0.3 is 30.9 Å². The van der Waals surface area contributed by atoms with Crippen LogP contribution in [0.15, 0.2) is 60.8 Å². The summed E-state index contributed by atoms with van der Waals surface area (Å²) in [5.41, 5.74) is 5.73. The molecule has 270 valence electrons. The Morgan fingerprint density at radius 1 is 0.865 bits per heavy atom. The number of nitrogens with zero attached hydrogens (tertiary/aromatic N) is 2. The summed E-state index contributed by atoms with van der Waals surface area (Å²) in [6.45, 7) is 3.09. The predicted molar refractivity (Wildman–Crippen MR) is 199 cm³/mol. The number of nitrogens with one attached hydrogen (secondary N) is 4. The van der Waals surface area contributed by atoms with E-state index < -0.39 is 5.82 Å². The van der Waals surface area contributed by atoms with Crippen LogP contribution >= 0.6 is 23.2 Å². The van der Waals surface area contributed by atoms with Crippen LogP contribution in [-0.4, -0.2) is 73.0 Å². The van der Waals surface area contributed by atoms with Crippen molar-refractivity contribution in [2.24, 2.45) is 0 Å².